The van der Waals surface area contributed by atoms with E-state index in [2.05, 4.69) is 10.5 Å². The molecule has 0 radical (unpaired) electrons. The van der Waals surface area contributed by atoms with E-state index in [1.54, 1.807) is 12.1 Å². The number of hydrazone groups is 1. The Kier molecular flexibility index (Phi) is 5.65. The molecule has 0 heterocycles. The Morgan fingerprint density at radius 1 is 1.61 bits per heavy atom. The van der Waals surface area contributed by atoms with E-state index >= 15 is 0 Å². The second kappa shape index (κ2) is 7.01. The van der Waals surface area contributed by atoms with Gasteiger partial charge in [0.1, 0.15) is 5.75 Å². The summed E-state index contributed by atoms with van der Waals surface area (Å²) in [5.41, 5.74) is 3.12. The van der Waals surface area contributed by atoms with Gasteiger partial charge in [-0.25, -0.2) is 5.43 Å². The second-order valence-electron chi connectivity index (χ2n) is 3.95. The number of amides is 1. The Morgan fingerprint density at radius 3 is 2.89 bits per heavy atom. The van der Waals surface area contributed by atoms with Crippen molar-refractivity contribution in [1.29, 1.82) is 0 Å². The lowest BCUT2D eigenvalue weighted by Crippen LogP contribution is -2.12. The Bertz CT molecular complexity index is 447. The zero-order valence-corrected chi connectivity index (χ0v) is 11.5. The largest absolute Gasteiger partial charge is 0.489 e. The van der Waals surface area contributed by atoms with Crippen molar-refractivity contribution in [2.45, 2.75) is 33.3 Å². The fraction of sp³-hybridized carbons (Fsp3) is 0.385. The van der Waals surface area contributed by atoms with Gasteiger partial charge in [-0.3, -0.25) is 4.79 Å². The van der Waals surface area contributed by atoms with Gasteiger partial charge < -0.3 is 4.74 Å². The van der Waals surface area contributed by atoms with Crippen molar-refractivity contribution in [3.8, 4) is 5.75 Å². The normalized spacial score (nSPS) is 12.4. The van der Waals surface area contributed by atoms with E-state index in [9.17, 15) is 4.79 Å². The van der Waals surface area contributed by atoms with Crippen LogP contribution in [0, 0.1) is 0 Å². The molecule has 4 nitrogen and oxygen atoms in total. The van der Waals surface area contributed by atoms with Crippen molar-refractivity contribution in [2.24, 2.45) is 5.10 Å². The molecule has 0 bridgehead atoms. The molecule has 1 atom stereocenters. The molecule has 98 valence electrons. The lowest BCUT2D eigenvalue weighted by Gasteiger charge is -2.13. The van der Waals surface area contributed by atoms with Gasteiger partial charge in [-0.2, -0.15) is 5.10 Å². The first-order valence-electron chi connectivity index (χ1n) is 5.78. The summed E-state index contributed by atoms with van der Waals surface area (Å²) in [6, 6.07) is 5.36. The molecule has 0 aliphatic carbocycles. The molecule has 0 saturated carbocycles. The third-order valence-electron chi connectivity index (χ3n) is 2.29. The van der Waals surface area contributed by atoms with Crippen LogP contribution in [0.2, 0.25) is 5.02 Å². The molecule has 0 spiro atoms. The monoisotopic (exact) mass is 268 g/mol. The molecule has 0 aliphatic rings. The summed E-state index contributed by atoms with van der Waals surface area (Å²) in [7, 11) is 0. The maximum absolute atomic E-state index is 10.6. The van der Waals surface area contributed by atoms with E-state index in [4.69, 9.17) is 16.3 Å². The van der Waals surface area contributed by atoms with E-state index in [1.165, 1.54) is 13.1 Å². The summed E-state index contributed by atoms with van der Waals surface area (Å²) in [6.07, 6.45) is 2.57. The van der Waals surface area contributed by atoms with Gasteiger partial charge in [0.25, 0.3) is 0 Å². The fourth-order valence-electron chi connectivity index (χ4n) is 1.19. The van der Waals surface area contributed by atoms with Gasteiger partial charge in [0, 0.05) is 6.92 Å². The highest BCUT2D eigenvalue weighted by Crippen LogP contribution is 2.26. The molecule has 1 rings (SSSR count). The topological polar surface area (TPSA) is 50.7 Å². The van der Waals surface area contributed by atoms with Crippen molar-refractivity contribution in [3.63, 3.8) is 0 Å². The first kappa shape index (κ1) is 14.5. The number of rotatable bonds is 5. The van der Waals surface area contributed by atoms with E-state index in [-0.39, 0.29) is 12.0 Å². The molecule has 1 aromatic rings. The van der Waals surface area contributed by atoms with Crippen LogP contribution < -0.4 is 10.2 Å². The molecule has 1 N–H and O–H groups in total. The van der Waals surface area contributed by atoms with Crippen LogP contribution in [0.25, 0.3) is 0 Å². The van der Waals surface area contributed by atoms with E-state index in [0.717, 1.165) is 12.0 Å². The number of carbonyl (C=O) groups is 1. The van der Waals surface area contributed by atoms with Crippen LogP contribution in [0.15, 0.2) is 23.3 Å². The molecule has 18 heavy (non-hydrogen) atoms. The first-order chi connectivity index (χ1) is 8.52. The molecular weight excluding hydrogens is 252 g/mol. The number of benzene rings is 1. The summed E-state index contributed by atoms with van der Waals surface area (Å²) in [5, 5.41) is 4.29. The highest BCUT2D eigenvalue weighted by molar-refractivity contribution is 6.32. The average molecular weight is 269 g/mol. The van der Waals surface area contributed by atoms with E-state index < -0.39 is 0 Å². The lowest BCUT2D eigenvalue weighted by molar-refractivity contribution is -0.118. The number of halogens is 1. The number of hydrogen-bond acceptors (Lipinski definition) is 3. The number of ether oxygens (including phenoxy) is 1. The number of nitrogens with one attached hydrogen (secondary N) is 1. The molecule has 0 unspecified atom stereocenters. The van der Waals surface area contributed by atoms with Crippen molar-refractivity contribution < 1.29 is 9.53 Å². The fourth-order valence-corrected chi connectivity index (χ4v) is 1.42. The minimum atomic E-state index is -0.214. The number of nitrogens with zero attached hydrogens (tertiary/aromatic N) is 1. The van der Waals surface area contributed by atoms with Crippen LogP contribution in [0.1, 0.15) is 32.8 Å². The molecule has 1 aromatic carbocycles. The molecule has 0 fully saturated rings. The van der Waals surface area contributed by atoms with Crippen molar-refractivity contribution in [1.82, 2.24) is 5.43 Å². The van der Waals surface area contributed by atoms with Gasteiger partial charge in [-0.15, -0.1) is 0 Å². The van der Waals surface area contributed by atoms with Gasteiger partial charge in [0.15, 0.2) is 0 Å². The SMILES string of the molecule is CC[C@H](C)Oc1ccc(/C=N\NC(C)=O)cc1Cl. The zero-order chi connectivity index (χ0) is 13.5. The zero-order valence-electron chi connectivity index (χ0n) is 10.7. The number of hydrogen-bond donors (Lipinski definition) is 1. The van der Waals surface area contributed by atoms with Gasteiger partial charge in [0.2, 0.25) is 5.91 Å². The molecule has 0 aromatic heterocycles. The summed E-state index contributed by atoms with van der Waals surface area (Å²) < 4.78 is 5.65. The summed E-state index contributed by atoms with van der Waals surface area (Å²) in [5.74, 6) is 0.441. The van der Waals surface area contributed by atoms with Crippen LogP contribution in [-0.4, -0.2) is 18.2 Å². The van der Waals surface area contributed by atoms with E-state index in [0.29, 0.717) is 10.8 Å². The predicted octanol–water partition coefficient (Wildman–Crippen LogP) is 2.99. The third-order valence-corrected chi connectivity index (χ3v) is 2.59. The summed E-state index contributed by atoms with van der Waals surface area (Å²) >= 11 is 6.10. The molecule has 1 amide bonds. The molecular formula is C13H17ClN2O2. The Morgan fingerprint density at radius 2 is 2.33 bits per heavy atom. The van der Waals surface area contributed by atoms with Gasteiger partial charge >= 0.3 is 0 Å². The van der Waals surface area contributed by atoms with Gasteiger partial charge in [-0.1, -0.05) is 18.5 Å². The minimum Gasteiger partial charge on any atom is -0.489 e. The van der Waals surface area contributed by atoms with Crippen molar-refractivity contribution in [3.05, 3.63) is 28.8 Å². The molecule has 5 heteroatoms. The smallest absolute Gasteiger partial charge is 0.236 e. The predicted molar refractivity (Wildman–Crippen MR) is 73.2 cm³/mol. The lowest BCUT2D eigenvalue weighted by atomic mass is 10.2. The third kappa shape index (κ3) is 4.75. The highest BCUT2D eigenvalue weighted by Gasteiger charge is 2.06. The average Bonchev–Trinajstić information content (AvgIpc) is 2.32. The molecule has 0 aliphatic heterocycles. The van der Waals surface area contributed by atoms with Gasteiger partial charge in [0.05, 0.1) is 17.3 Å². The quantitative estimate of drug-likeness (QED) is 0.659. The first-order valence-corrected chi connectivity index (χ1v) is 6.16. The highest BCUT2D eigenvalue weighted by atomic mass is 35.5. The van der Waals surface area contributed by atoms with Crippen molar-refractivity contribution in [2.75, 3.05) is 0 Å². The minimum absolute atomic E-state index is 0.126. The summed E-state index contributed by atoms with van der Waals surface area (Å²) in [4.78, 5) is 10.6. The standard InChI is InChI=1S/C13H17ClN2O2/c1-4-9(2)18-13-6-5-11(7-12(13)14)8-15-16-10(3)17/h5-9H,4H2,1-3H3,(H,16,17)/b15-8-/t9-/m0/s1. The van der Waals surface area contributed by atoms with Crippen LogP contribution in [0.4, 0.5) is 0 Å². The van der Waals surface area contributed by atoms with Crippen LogP contribution in [-0.2, 0) is 4.79 Å². The maximum atomic E-state index is 10.6. The Balaban J connectivity index is 2.73. The van der Waals surface area contributed by atoms with Crippen molar-refractivity contribution >= 4 is 23.7 Å². The second-order valence-corrected chi connectivity index (χ2v) is 4.36. The number of carbonyl (C=O) groups excluding carboxylic acids is 1. The summed E-state index contributed by atoms with van der Waals surface area (Å²) in [6.45, 7) is 5.43. The maximum Gasteiger partial charge on any atom is 0.236 e. The molecule has 0 saturated heterocycles. The Labute approximate surface area is 112 Å². The Hall–Kier alpha value is -1.55. The van der Waals surface area contributed by atoms with Crippen LogP contribution in [0.5, 0.6) is 5.75 Å². The van der Waals surface area contributed by atoms with Gasteiger partial charge in [-0.05, 0) is 37.1 Å². The van der Waals surface area contributed by atoms with E-state index in [1.807, 2.05) is 19.9 Å². The van der Waals surface area contributed by atoms with Crippen LogP contribution in [0.3, 0.4) is 0 Å². The van der Waals surface area contributed by atoms with Crippen LogP contribution >= 0.6 is 11.6 Å².